The lowest BCUT2D eigenvalue weighted by Crippen LogP contribution is -2.54. The van der Waals surface area contributed by atoms with Crippen LogP contribution in [-0.2, 0) is 14.2 Å². The molecule has 3 atom stereocenters. The van der Waals surface area contributed by atoms with Crippen molar-refractivity contribution >= 4 is 17.0 Å². The zero-order valence-corrected chi connectivity index (χ0v) is 23.2. The number of aromatic nitrogens is 1. The SMILES string of the molecule is C=CCC1CN(CC(O)c2ccnc3ccc(OC)cc23)CCC12CN(C1=COC=C(C3=CC=CCC3)O1)C(=O)O2. The van der Waals surface area contributed by atoms with Crippen molar-refractivity contribution in [2.24, 2.45) is 5.92 Å². The van der Waals surface area contributed by atoms with Crippen LogP contribution in [0.25, 0.3) is 10.9 Å². The summed E-state index contributed by atoms with van der Waals surface area (Å²) in [5.74, 6) is 1.65. The minimum Gasteiger partial charge on any atom is -0.497 e. The summed E-state index contributed by atoms with van der Waals surface area (Å²) < 4.78 is 23.2. The summed E-state index contributed by atoms with van der Waals surface area (Å²) >= 11 is 0. The van der Waals surface area contributed by atoms with E-state index in [4.69, 9.17) is 18.9 Å². The molecule has 1 N–H and O–H groups in total. The molecule has 0 radical (unpaired) electrons. The molecule has 3 unspecified atom stereocenters. The maximum atomic E-state index is 13.2. The van der Waals surface area contributed by atoms with Gasteiger partial charge in [-0.15, -0.1) is 6.58 Å². The zero-order valence-electron chi connectivity index (χ0n) is 23.2. The number of likely N-dealkylation sites (tertiary alicyclic amines) is 1. The van der Waals surface area contributed by atoms with Crippen LogP contribution in [0, 0.1) is 5.92 Å². The second-order valence-corrected chi connectivity index (χ2v) is 10.9. The molecule has 1 aliphatic carbocycles. The van der Waals surface area contributed by atoms with Gasteiger partial charge in [-0.3, -0.25) is 9.88 Å². The number of β-amino-alcohol motifs (C(OH)–C–C–N with tert-alkyl or cyclic N) is 1. The van der Waals surface area contributed by atoms with Crippen molar-refractivity contribution in [2.75, 3.05) is 33.3 Å². The van der Waals surface area contributed by atoms with Gasteiger partial charge in [0.1, 0.15) is 17.6 Å². The summed E-state index contributed by atoms with van der Waals surface area (Å²) in [6.45, 7) is 6.08. The average molecular weight is 558 g/mol. The molecule has 214 valence electrons. The quantitative estimate of drug-likeness (QED) is 0.436. The smallest absolute Gasteiger partial charge is 0.417 e. The minimum absolute atomic E-state index is 0.00418. The summed E-state index contributed by atoms with van der Waals surface area (Å²) in [4.78, 5) is 21.4. The molecule has 1 spiro atoms. The third-order valence-corrected chi connectivity index (χ3v) is 8.39. The van der Waals surface area contributed by atoms with Crippen LogP contribution in [0.2, 0.25) is 0 Å². The predicted molar refractivity (Wildman–Crippen MR) is 153 cm³/mol. The van der Waals surface area contributed by atoms with Gasteiger partial charge in [0.05, 0.1) is 25.3 Å². The summed E-state index contributed by atoms with van der Waals surface area (Å²) in [5.41, 5.74) is 1.95. The third-order valence-electron chi connectivity index (χ3n) is 8.39. The van der Waals surface area contributed by atoms with Gasteiger partial charge in [-0.05, 0) is 54.7 Å². The van der Waals surface area contributed by atoms with E-state index < -0.39 is 17.8 Å². The maximum Gasteiger partial charge on any atom is 0.417 e. The number of aliphatic hydroxyl groups is 1. The van der Waals surface area contributed by atoms with Gasteiger partial charge in [0.15, 0.2) is 12.0 Å². The number of allylic oxidation sites excluding steroid dienone is 5. The molecule has 4 aliphatic rings. The number of hydrogen-bond donors (Lipinski definition) is 1. The zero-order chi connectivity index (χ0) is 28.4. The van der Waals surface area contributed by atoms with Gasteiger partial charge in [0.25, 0.3) is 0 Å². The largest absolute Gasteiger partial charge is 0.497 e. The fourth-order valence-corrected chi connectivity index (χ4v) is 6.17. The van der Waals surface area contributed by atoms with Crippen LogP contribution in [0.15, 0.2) is 91.1 Å². The Hall–Kier alpha value is -4.08. The van der Waals surface area contributed by atoms with E-state index in [0.29, 0.717) is 50.7 Å². The molecule has 6 rings (SSSR count). The highest BCUT2D eigenvalue weighted by Gasteiger charge is 2.54. The molecule has 3 aliphatic heterocycles. The van der Waals surface area contributed by atoms with Gasteiger partial charge in [-0.25, -0.2) is 9.69 Å². The van der Waals surface area contributed by atoms with E-state index in [1.54, 1.807) is 19.6 Å². The molecule has 2 saturated heterocycles. The van der Waals surface area contributed by atoms with Crippen molar-refractivity contribution in [1.29, 1.82) is 0 Å². The number of carbonyl (C=O) groups is 1. The third kappa shape index (κ3) is 5.35. The summed E-state index contributed by atoms with van der Waals surface area (Å²) in [7, 11) is 1.62. The van der Waals surface area contributed by atoms with Crippen LogP contribution in [0.4, 0.5) is 4.79 Å². The van der Waals surface area contributed by atoms with E-state index in [2.05, 4.69) is 22.5 Å². The molecule has 9 nitrogen and oxygen atoms in total. The Morgan fingerprint density at radius 2 is 2.22 bits per heavy atom. The van der Waals surface area contributed by atoms with E-state index in [1.807, 2.05) is 42.5 Å². The number of benzene rings is 1. The molecule has 2 fully saturated rings. The lowest BCUT2D eigenvalue weighted by atomic mass is 9.78. The molecule has 1 aromatic carbocycles. The fourth-order valence-electron chi connectivity index (χ4n) is 6.17. The number of nitrogens with zero attached hydrogens (tertiary/aromatic N) is 3. The summed E-state index contributed by atoms with van der Waals surface area (Å²) in [6.07, 6.45) is 14.6. The van der Waals surface area contributed by atoms with Gasteiger partial charge < -0.3 is 24.1 Å². The van der Waals surface area contributed by atoms with Crippen LogP contribution in [0.1, 0.15) is 37.4 Å². The highest BCUT2D eigenvalue weighted by atomic mass is 16.6. The maximum absolute atomic E-state index is 13.2. The monoisotopic (exact) mass is 557 g/mol. The van der Waals surface area contributed by atoms with Crippen molar-refractivity contribution in [1.82, 2.24) is 14.8 Å². The van der Waals surface area contributed by atoms with Crippen molar-refractivity contribution < 1.29 is 28.8 Å². The van der Waals surface area contributed by atoms with Crippen LogP contribution in [-0.4, -0.2) is 64.9 Å². The minimum atomic E-state index is -0.722. The van der Waals surface area contributed by atoms with Crippen molar-refractivity contribution in [3.8, 4) is 5.75 Å². The average Bonchev–Trinajstić information content (AvgIpc) is 3.35. The van der Waals surface area contributed by atoms with Crippen molar-refractivity contribution in [3.05, 3.63) is 96.6 Å². The van der Waals surface area contributed by atoms with Crippen molar-refractivity contribution in [3.63, 3.8) is 0 Å². The Labute approximate surface area is 239 Å². The first-order chi connectivity index (χ1) is 20.0. The number of rotatable bonds is 8. The number of carbonyl (C=O) groups excluding carboxylic acids is 1. The van der Waals surface area contributed by atoms with Crippen LogP contribution in [0.5, 0.6) is 5.75 Å². The van der Waals surface area contributed by atoms with E-state index in [1.165, 1.54) is 11.2 Å². The first-order valence-corrected chi connectivity index (χ1v) is 14.0. The van der Waals surface area contributed by atoms with Crippen molar-refractivity contribution in [2.45, 2.75) is 37.4 Å². The standard InChI is InChI=1S/C32H35N3O6/c1-3-7-23-17-34(18-28(36)25-12-14-33-27-11-10-24(38-2)16-26(25)27)15-13-32(23)21-35(31(37)41-32)30-20-39-19-29(40-30)22-8-5-4-6-9-22/h3-5,8,10-12,14,16,19-20,23,28,36H,1,6-7,9,13,15,17-18,21H2,2H3. The van der Waals surface area contributed by atoms with Gasteiger partial charge in [0.2, 0.25) is 5.88 Å². The highest BCUT2D eigenvalue weighted by molar-refractivity contribution is 5.83. The van der Waals surface area contributed by atoms with E-state index in [9.17, 15) is 9.90 Å². The van der Waals surface area contributed by atoms with Crippen LogP contribution in [0.3, 0.4) is 0 Å². The van der Waals surface area contributed by atoms with Gasteiger partial charge in [-0.1, -0.05) is 24.3 Å². The molecule has 0 bridgehead atoms. The Kier molecular flexibility index (Phi) is 7.55. The van der Waals surface area contributed by atoms with Gasteiger partial charge >= 0.3 is 6.09 Å². The molecule has 2 aromatic rings. The Bertz CT molecular complexity index is 1460. The second-order valence-electron chi connectivity index (χ2n) is 10.9. The number of fused-ring (bicyclic) bond motifs is 1. The molecule has 41 heavy (non-hydrogen) atoms. The van der Waals surface area contributed by atoms with E-state index >= 15 is 0 Å². The Morgan fingerprint density at radius 1 is 1.32 bits per heavy atom. The number of ether oxygens (including phenoxy) is 4. The van der Waals surface area contributed by atoms with E-state index in [0.717, 1.165) is 40.6 Å². The first kappa shape index (κ1) is 27.1. The number of amides is 1. The Morgan fingerprint density at radius 3 is 3.02 bits per heavy atom. The molecule has 1 amide bonds. The number of piperidine rings is 1. The fraction of sp³-hybridized carbons (Fsp3) is 0.375. The van der Waals surface area contributed by atoms with Gasteiger partial charge in [-0.2, -0.15) is 0 Å². The molecular formula is C32H35N3O6. The van der Waals surface area contributed by atoms with Crippen LogP contribution >= 0.6 is 0 Å². The van der Waals surface area contributed by atoms with Gasteiger partial charge in [0, 0.05) is 43.6 Å². The number of pyridine rings is 1. The first-order valence-electron chi connectivity index (χ1n) is 14.0. The summed E-state index contributed by atoms with van der Waals surface area (Å²) in [5, 5.41) is 12.2. The normalized spacial score (nSPS) is 25.1. The molecule has 4 heterocycles. The highest BCUT2D eigenvalue weighted by Crippen LogP contribution is 2.42. The lowest BCUT2D eigenvalue weighted by Gasteiger charge is -2.44. The number of methoxy groups -OCH3 is 1. The summed E-state index contributed by atoms with van der Waals surface area (Å²) in [6, 6.07) is 7.53. The second kappa shape index (κ2) is 11.4. The topological polar surface area (TPSA) is 93.6 Å². The molecule has 1 aromatic heterocycles. The van der Waals surface area contributed by atoms with E-state index in [-0.39, 0.29) is 5.92 Å². The molecular weight excluding hydrogens is 522 g/mol. The number of aliphatic hydroxyl groups excluding tert-OH is 1. The number of hydrogen-bond acceptors (Lipinski definition) is 8. The molecule has 9 heteroatoms. The predicted octanol–water partition coefficient (Wildman–Crippen LogP) is 5.33. The van der Waals surface area contributed by atoms with Crippen LogP contribution < -0.4 is 4.74 Å². The Balaban J connectivity index is 1.15. The lowest BCUT2D eigenvalue weighted by molar-refractivity contribution is -0.0553. The molecule has 0 saturated carbocycles.